The van der Waals surface area contributed by atoms with E-state index in [1.54, 1.807) is 11.9 Å². The predicted molar refractivity (Wildman–Crippen MR) is 72.3 cm³/mol. The summed E-state index contributed by atoms with van der Waals surface area (Å²) in [5.74, 6) is 0.648. The first-order chi connectivity index (χ1) is 8.47. The molecule has 0 radical (unpaired) electrons. The van der Waals surface area contributed by atoms with Gasteiger partial charge in [-0.05, 0) is 31.7 Å². The van der Waals surface area contributed by atoms with Crippen molar-refractivity contribution in [1.29, 1.82) is 0 Å². The van der Waals surface area contributed by atoms with Gasteiger partial charge in [0, 0.05) is 13.5 Å². The highest BCUT2D eigenvalue weighted by Crippen LogP contribution is 2.16. The molecule has 2 atom stereocenters. The van der Waals surface area contributed by atoms with Crippen molar-refractivity contribution in [1.82, 2.24) is 10.2 Å². The fourth-order valence-electron chi connectivity index (χ4n) is 2.48. The van der Waals surface area contributed by atoms with Gasteiger partial charge < -0.3 is 10.2 Å². The maximum absolute atomic E-state index is 12.3. The van der Waals surface area contributed by atoms with E-state index in [0.717, 1.165) is 25.8 Å². The molecule has 1 unspecified atom stereocenters. The minimum Gasteiger partial charge on any atom is -0.334 e. The zero-order chi connectivity index (χ0) is 13.7. The molecule has 18 heavy (non-hydrogen) atoms. The normalized spacial score (nSPS) is 21.1. The summed E-state index contributed by atoms with van der Waals surface area (Å²) >= 11 is 0. The standard InChI is InChI=1S/C14H26N2O2/c1-5-13(17)12(9-10(2)3)16(4)14(18)11-7-6-8-15-11/h10-12,15H,5-9H2,1-4H3/t11-,12?/m0/s1. The molecule has 0 bridgehead atoms. The lowest BCUT2D eigenvalue weighted by Gasteiger charge is -2.30. The van der Waals surface area contributed by atoms with Crippen molar-refractivity contribution in [3.63, 3.8) is 0 Å². The molecular formula is C14H26N2O2. The topological polar surface area (TPSA) is 49.4 Å². The number of rotatable bonds is 6. The molecule has 1 saturated heterocycles. The van der Waals surface area contributed by atoms with Gasteiger partial charge in [0.25, 0.3) is 0 Å². The van der Waals surface area contributed by atoms with Crippen LogP contribution in [0.15, 0.2) is 0 Å². The smallest absolute Gasteiger partial charge is 0.240 e. The molecular weight excluding hydrogens is 228 g/mol. The number of hydrogen-bond donors (Lipinski definition) is 1. The molecule has 1 heterocycles. The van der Waals surface area contributed by atoms with Crippen LogP contribution < -0.4 is 5.32 Å². The molecule has 0 aliphatic carbocycles. The molecule has 1 aliphatic heterocycles. The van der Waals surface area contributed by atoms with Crippen molar-refractivity contribution < 1.29 is 9.59 Å². The molecule has 1 fully saturated rings. The number of Topliss-reactive ketones (excluding diaryl/α,β-unsaturated/α-hetero) is 1. The highest BCUT2D eigenvalue weighted by molar-refractivity contribution is 5.90. The number of carbonyl (C=O) groups excluding carboxylic acids is 2. The molecule has 0 aromatic heterocycles. The molecule has 1 rings (SSSR count). The van der Waals surface area contributed by atoms with Crippen molar-refractivity contribution in [2.24, 2.45) is 5.92 Å². The molecule has 0 aromatic carbocycles. The number of nitrogens with zero attached hydrogens (tertiary/aromatic N) is 1. The summed E-state index contributed by atoms with van der Waals surface area (Å²) in [6.45, 7) is 6.94. The van der Waals surface area contributed by atoms with Crippen molar-refractivity contribution >= 4 is 11.7 Å². The Morgan fingerprint density at radius 3 is 2.50 bits per heavy atom. The molecule has 0 saturated carbocycles. The first kappa shape index (κ1) is 15.2. The van der Waals surface area contributed by atoms with E-state index in [9.17, 15) is 9.59 Å². The maximum Gasteiger partial charge on any atom is 0.240 e. The lowest BCUT2D eigenvalue weighted by molar-refractivity contribution is -0.139. The number of carbonyl (C=O) groups is 2. The van der Waals surface area contributed by atoms with E-state index in [1.807, 2.05) is 6.92 Å². The second-order valence-corrected chi connectivity index (χ2v) is 5.56. The molecule has 1 amide bonds. The molecule has 1 aliphatic rings. The van der Waals surface area contributed by atoms with Crippen LogP contribution in [0.2, 0.25) is 0 Å². The van der Waals surface area contributed by atoms with Gasteiger partial charge in [0.15, 0.2) is 5.78 Å². The van der Waals surface area contributed by atoms with E-state index in [4.69, 9.17) is 0 Å². The zero-order valence-corrected chi connectivity index (χ0v) is 12.0. The van der Waals surface area contributed by atoms with E-state index >= 15 is 0 Å². The number of ketones is 1. The molecule has 4 heteroatoms. The van der Waals surface area contributed by atoms with Gasteiger partial charge in [-0.3, -0.25) is 9.59 Å². The zero-order valence-electron chi connectivity index (χ0n) is 12.0. The summed E-state index contributed by atoms with van der Waals surface area (Å²) in [6, 6.07) is -0.348. The lowest BCUT2D eigenvalue weighted by atomic mass is 9.97. The molecule has 0 aromatic rings. The van der Waals surface area contributed by atoms with Crippen molar-refractivity contribution in [3.05, 3.63) is 0 Å². The second-order valence-electron chi connectivity index (χ2n) is 5.56. The van der Waals surface area contributed by atoms with E-state index < -0.39 is 0 Å². The highest BCUT2D eigenvalue weighted by atomic mass is 16.2. The first-order valence-electron chi connectivity index (χ1n) is 7.00. The number of likely N-dealkylation sites (N-methyl/N-ethyl adjacent to an activating group) is 1. The van der Waals surface area contributed by atoms with Gasteiger partial charge in [-0.2, -0.15) is 0 Å². The summed E-state index contributed by atoms with van der Waals surface area (Å²) in [5, 5.41) is 3.20. The lowest BCUT2D eigenvalue weighted by Crippen LogP contribution is -2.49. The van der Waals surface area contributed by atoms with Gasteiger partial charge in [0.2, 0.25) is 5.91 Å². The highest BCUT2D eigenvalue weighted by Gasteiger charge is 2.31. The maximum atomic E-state index is 12.3. The third-order valence-corrected chi connectivity index (χ3v) is 3.59. The van der Waals surface area contributed by atoms with Crippen LogP contribution in [0.1, 0.15) is 46.5 Å². The van der Waals surface area contributed by atoms with E-state index in [0.29, 0.717) is 12.3 Å². The Hall–Kier alpha value is -0.900. The summed E-state index contributed by atoms with van der Waals surface area (Å²) in [5.41, 5.74) is 0. The van der Waals surface area contributed by atoms with E-state index in [2.05, 4.69) is 19.2 Å². The summed E-state index contributed by atoms with van der Waals surface area (Å²) in [6.07, 6.45) is 3.17. The van der Waals surface area contributed by atoms with Crippen LogP contribution in [0, 0.1) is 5.92 Å². The average Bonchev–Trinajstić information content (AvgIpc) is 2.86. The summed E-state index contributed by atoms with van der Waals surface area (Å²) < 4.78 is 0. The third kappa shape index (κ3) is 3.80. The van der Waals surface area contributed by atoms with Crippen molar-refractivity contribution in [3.8, 4) is 0 Å². The van der Waals surface area contributed by atoms with E-state index in [1.165, 1.54) is 0 Å². The Labute approximate surface area is 110 Å². The van der Waals surface area contributed by atoms with Crippen LogP contribution in [0.5, 0.6) is 0 Å². The third-order valence-electron chi connectivity index (χ3n) is 3.59. The van der Waals surface area contributed by atoms with Gasteiger partial charge in [0.1, 0.15) is 0 Å². The Morgan fingerprint density at radius 1 is 1.39 bits per heavy atom. The largest absolute Gasteiger partial charge is 0.334 e. The van der Waals surface area contributed by atoms with E-state index in [-0.39, 0.29) is 23.8 Å². The average molecular weight is 254 g/mol. The summed E-state index contributed by atoms with van der Waals surface area (Å²) in [4.78, 5) is 26.0. The molecule has 4 nitrogen and oxygen atoms in total. The SMILES string of the molecule is CCC(=O)C(CC(C)C)N(C)C(=O)[C@@H]1CCCN1. The number of amides is 1. The number of nitrogens with one attached hydrogen (secondary N) is 1. The van der Waals surface area contributed by atoms with Crippen LogP contribution in [-0.2, 0) is 9.59 Å². The van der Waals surface area contributed by atoms with Gasteiger partial charge in [-0.15, -0.1) is 0 Å². The molecule has 1 N–H and O–H groups in total. The van der Waals surface area contributed by atoms with Crippen molar-refractivity contribution in [2.45, 2.75) is 58.5 Å². The van der Waals surface area contributed by atoms with Crippen LogP contribution in [0.4, 0.5) is 0 Å². The number of hydrogen-bond acceptors (Lipinski definition) is 3. The van der Waals surface area contributed by atoms with Crippen LogP contribution in [0.3, 0.4) is 0 Å². The fourth-order valence-corrected chi connectivity index (χ4v) is 2.48. The Balaban J connectivity index is 2.70. The van der Waals surface area contributed by atoms with Gasteiger partial charge in [-0.1, -0.05) is 20.8 Å². The predicted octanol–water partition coefficient (Wildman–Crippen LogP) is 1.59. The molecule has 0 spiro atoms. The minimum absolute atomic E-state index is 0.0694. The molecule has 104 valence electrons. The van der Waals surface area contributed by atoms with Gasteiger partial charge >= 0.3 is 0 Å². The minimum atomic E-state index is -0.259. The fraction of sp³-hybridized carbons (Fsp3) is 0.857. The van der Waals surface area contributed by atoms with Crippen LogP contribution in [-0.4, -0.2) is 42.3 Å². The van der Waals surface area contributed by atoms with Crippen LogP contribution in [0.25, 0.3) is 0 Å². The first-order valence-corrected chi connectivity index (χ1v) is 7.00. The monoisotopic (exact) mass is 254 g/mol. The quantitative estimate of drug-likeness (QED) is 0.783. The van der Waals surface area contributed by atoms with Crippen molar-refractivity contribution in [2.75, 3.05) is 13.6 Å². The van der Waals surface area contributed by atoms with Crippen LogP contribution >= 0.6 is 0 Å². The summed E-state index contributed by atoms with van der Waals surface area (Å²) in [7, 11) is 1.77. The van der Waals surface area contributed by atoms with Gasteiger partial charge in [0.05, 0.1) is 12.1 Å². The second kappa shape index (κ2) is 6.88. The van der Waals surface area contributed by atoms with Gasteiger partial charge in [-0.25, -0.2) is 0 Å². The Bertz CT molecular complexity index is 296. The Kier molecular flexibility index (Phi) is 5.79. The Morgan fingerprint density at radius 2 is 2.06 bits per heavy atom.